The number of fused-ring (bicyclic) bond motifs is 2. The van der Waals surface area contributed by atoms with E-state index in [-0.39, 0.29) is 18.1 Å². The van der Waals surface area contributed by atoms with Crippen molar-refractivity contribution in [2.75, 3.05) is 18.1 Å². The summed E-state index contributed by atoms with van der Waals surface area (Å²) in [5.41, 5.74) is 6.60. The second kappa shape index (κ2) is 7.90. The number of pyridine rings is 1. The average Bonchev–Trinajstić information content (AvgIpc) is 2.75. The minimum atomic E-state index is -4.54. The zero-order valence-electron chi connectivity index (χ0n) is 16.2. The first-order chi connectivity index (χ1) is 14.7. The number of alkyl halides is 3. The summed E-state index contributed by atoms with van der Waals surface area (Å²) in [5, 5.41) is 0.898. The number of carbonyl (C=O) groups is 2. The summed E-state index contributed by atoms with van der Waals surface area (Å²) in [7, 11) is 0. The largest absolute Gasteiger partial charge is 0.468 e. The van der Waals surface area contributed by atoms with Crippen LogP contribution in [0.2, 0.25) is 0 Å². The Morgan fingerprint density at radius 1 is 1.13 bits per heavy atom. The number of benzene rings is 2. The van der Waals surface area contributed by atoms with Gasteiger partial charge in [-0.05, 0) is 35.6 Å². The van der Waals surface area contributed by atoms with Crippen molar-refractivity contribution in [3.63, 3.8) is 0 Å². The normalized spacial score (nSPS) is 16.1. The number of primary amides is 1. The van der Waals surface area contributed by atoms with E-state index in [2.05, 4.69) is 4.98 Å². The van der Waals surface area contributed by atoms with Crippen molar-refractivity contribution in [3.8, 4) is 5.88 Å². The standard InChI is InChI=1S/C22H18F3N3O3/c23-22(24,25)12-31-20-14-6-2-1-5-13(14)11-17(27-20)21(30)28-10-9-16(19(26)29)15-7-3-4-8-18(15)28/h1-8,11,16H,9-10,12H2,(H2,26,29). The van der Waals surface area contributed by atoms with Crippen LogP contribution in [0.3, 0.4) is 0 Å². The SMILES string of the molecule is NC(=O)C1CCN(C(=O)c2cc3ccccc3c(OCC(F)(F)F)n2)c2ccccc21. The van der Waals surface area contributed by atoms with Gasteiger partial charge in [0.1, 0.15) is 5.69 Å². The molecule has 2 N–H and O–H groups in total. The lowest BCUT2D eigenvalue weighted by Crippen LogP contribution is -2.39. The van der Waals surface area contributed by atoms with Crippen LogP contribution in [0.15, 0.2) is 54.6 Å². The zero-order chi connectivity index (χ0) is 22.2. The quantitative estimate of drug-likeness (QED) is 0.684. The number of nitrogens with two attached hydrogens (primary N) is 1. The molecule has 6 nitrogen and oxygen atoms in total. The van der Waals surface area contributed by atoms with E-state index < -0.39 is 30.5 Å². The van der Waals surface area contributed by atoms with E-state index in [0.717, 1.165) is 0 Å². The number of para-hydroxylation sites is 1. The van der Waals surface area contributed by atoms with Gasteiger partial charge in [-0.2, -0.15) is 13.2 Å². The van der Waals surface area contributed by atoms with Crippen molar-refractivity contribution in [1.29, 1.82) is 0 Å². The Labute approximate surface area is 175 Å². The van der Waals surface area contributed by atoms with Gasteiger partial charge in [-0.15, -0.1) is 0 Å². The van der Waals surface area contributed by atoms with Gasteiger partial charge in [-0.3, -0.25) is 9.59 Å². The molecule has 0 saturated heterocycles. The molecule has 3 aromatic rings. The molecule has 1 aromatic heterocycles. The molecule has 160 valence electrons. The highest BCUT2D eigenvalue weighted by Gasteiger charge is 2.33. The Bertz CT molecular complexity index is 1160. The summed E-state index contributed by atoms with van der Waals surface area (Å²) in [6.45, 7) is -1.30. The van der Waals surface area contributed by atoms with Gasteiger partial charge in [-0.25, -0.2) is 4.98 Å². The number of rotatable bonds is 4. The second-order valence-corrected chi connectivity index (χ2v) is 7.20. The van der Waals surface area contributed by atoms with E-state index in [1.807, 2.05) is 0 Å². The maximum atomic E-state index is 13.3. The third-order valence-corrected chi connectivity index (χ3v) is 5.13. The van der Waals surface area contributed by atoms with E-state index >= 15 is 0 Å². The first-order valence-electron chi connectivity index (χ1n) is 9.54. The summed E-state index contributed by atoms with van der Waals surface area (Å²) in [4.78, 5) is 30.7. The number of halogens is 3. The third kappa shape index (κ3) is 4.16. The second-order valence-electron chi connectivity index (χ2n) is 7.20. The number of nitrogens with zero attached hydrogens (tertiary/aromatic N) is 2. The van der Waals surface area contributed by atoms with E-state index in [4.69, 9.17) is 10.5 Å². The van der Waals surface area contributed by atoms with Crippen molar-refractivity contribution in [2.45, 2.75) is 18.5 Å². The molecule has 0 spiro atoms. The van der Waals surface area contributed by atoms with E-state index in [1.165, 1.54) is 11.0 Å². The van der Waals surface area contributed by atoms with Crippen molar-refractivity contribution < 1.29 is 27.5 Å². The molecule has 4 rings (SSSR count). The Morgan fingerprint density at radius 3 is 2.58 bits per heavy atom. The summed E-state index contributed by atoms with van der Waals surface area (Å²) in [6, 6.07) is 15.0. The molecule has 2 aromatic carbocycles. The first kappa shape index (κ1) is 20.6. The van der Waals surface area contributed by atoms with Crippen LogP contribution in [0.25, 0.3) is 10.8 Å². The van der Waals surface area contributed by atoms with Crippen LogP contribution >= 0.6 is 0 Å². The number of aromatic nitrogens is 1. The van der Waals surface area contributed by atoms with Gasteiger partial charge in [0.15, 0.2) is 6.61 Å². The predicted octanol–water partition coefficient (Wildman–Crippen LogP) is 3.80. The molecule has 0 saturated carbocycles. The molecule has 2 amide bonds. The van der Waals surface area contributed by atoms with Crippen molar-refractivity contribution in [1.82, 2.24) is 4.98 Å². The Morgan fingerprint density at radius 2 is 1.84 bits per heavy atom. The van der Waals surface area contributed by atoms with Crippen LogP contribution in [-0.4, -0.2) is 36.1 Å². The molecular weight excluding hydrogens is 411 g/mol. The van der Waals surface area contributed by atoms with Crippen LogP contribution < -0.4 is 15.4 Å². The molecule has 1 aliphatic heterocycles. The van der Waals surface area contributed by atoms with Gasteiger partial charge in [0.2, 0.25) is 11.8 Å². The van der Waals surface area contributed by atoms with Crippen LogP contribution in [0.5, 0.6) is 5.88 Å². The monoisotopic (exact) mass is 429 g/mol. The minimum Gasteiger partial charge on any atom is -0.468 e. The van der Waals surface area contributed by atoms with Crippen molar-refractivity contribution in [3.05, 3.63) is 65.9 Å². The predicted molar refractivity (Wildman–Crippen MR) is 108 cm³/mol. The fourth-order valence-electron chi connectivity index (χ4n) is 3.74. The van der Waals surface area contributed by atoms with E-state index in [1.54, 1.807) is 48.5 Å². The number of hydrogen-bond donors (Lipinski definition) is 1. The number of carbonyl (C=O) groups excluding carboxylic acids is 2. The maximum absolute atomic E-state index is 13.3. The summed E-state index contributed by atoms with van der Waals surface area (Å²) in [6.07, 6.45) is -4.21. The molecule has 0 radical (unpaired) electrons. The fourth-order valence-corrected chi connectivity index (χ4v) is 3.74. The maximum Gasteiger partial charge on any atom is 0.422 e. The Kier molecular flexibility index (Phi) is 5.26. The van der Waals surface area contributed by atoms with Crippen LogP contribution in [0.1, 0.15) is 28.4 Å². The number of ether oxygens (including phenoxy) is 1. The molecule has 31 heavy (non-hydrogen) atoms. The fraction of sp³-hybridized carbons (Fsp3) is 0.227. The van der Waals surface area contributed by atoms with Gasteiger partial charge >= 0.3 is 6.18 Å². The lowest BCUT2D eigenvalue weighted by Gasteiger charge is -2.33. The molecule has 0 aliphatic carbocycles. The minimum absolute atomic E-state index is 0.0526. The topological polar surface area (TPSA) is 85.5 Å². The Balaban J connectivity index is 1.74. The molecule has 9 heteroatoms. The molecule has 1 aliphatic rings. The molecule has 2 heterocycles. The van der Waals surface area contributed by atoms with Crippen molar-refractivity contribution >= 4 is 28.3 Å². The van der Waals surface area contributed by atoms with Crippen molar-refractivity contribution in [2.24, 2.45) is 5.73 Å². The van der Waals surface area contributed by atoms with Gasteiger partial charge in [0, 0.05) is 17.6 Å². The molecule has 0 bridgehead atoms. The summed E-state index contributed by atoms with van der Waals surface area (Å²) in [5.74, 6) is -1.77. The molecule has 1 unspecified atom stereocenters. The highest BCUT2D eigenvalue weighted by molar-refractivity contribution is 6.08. The highest BCUT2D eigenvalue weighted by Crippen LogP contribution is 2.36. The van der Waals surface area contributed by atoms with Gasteiger partial charge in [0.05, 0.1) is 5.92 Å². The average molecular weight is 429 g/mol. The summed E-state index contributed by atoms with van der Waals surface area (Å²) >= 11 is 0. The Hall–Kier alpha value is -3.62. The van der Waals surface area contributed by atoms with Gasteiger partial charge < -0.3 is 15.4 Å². The van der Waals surface area contributed by atoms with Crippen LogP contribution in [0, 0.1) is 0 Å². The van der Waals surface area contributed by atoms with Crippen LogP contribution in [-0.2, 0) is 4.79 Å². The molecule has 0 fully saturated rings. The van der Waals surface area contributed by atoms with Gasteiger partial charge in [0.25, 0.3) is 5.91 Å². The highest BCUT2D eigenvalue weighted by atomic mass is 19.4. The lowest BCUT2D eigenvalue weighted by atomic mass is 9.89. The van der Waals surface area contributed by atoms with Gasteiger partial charge in [-0.1, -0.05) is 36.4 Å². The van der Waals surface area contributed by atoms with E-state index in [0.29, 0.717) is 28.4 Å². The molecular formula is C22H18F3N3O3. The summed E-state index contributed by atoms with van der Waals surface area (Å²) < 4.78 is 43.0. The number of hydrogen-bond acceptors (Lipinski definition) is 4. The number of amides is 2. The van der Waals surface area contributed by atoms with Crippen LogP contribution in [0.4, 0.5) is 18.9 Å². The molecule has 1 atom stereocenters. The lowest BCUT2D eigenvalue weighted by molar-refractivity contribution is -0.153. The zero-order valence-corrected chi connectivity index (χ0v) is 16.2. The number of anilines is 1. The smallest absolute Gasteiger partial charge is 0.422 e. The first-order valence-corrected chi connectivity index (χ1v) is 9.54. The third-order valence-electron chi connectivity index (χ3n) is 5.13. The van der Waals surface area contributed by atoms with E-state index in [9.17, 15) is 22.8 Å².